The van der Waals surface area contributed by atoms with Gasteiger partial charge in [-0.25, -0.2) is 19.2 Å². The number of rotatable bonds is 3. The smallest absolute Gasteiger partial charge is 0.303 e. The maximum atomic E-state index is 13.4. The van der Waals surface area contributed by atoms with Crippen LogP contribution in [-0.2, 0) is 6.54 Å². The molecular weight excluding hydrogens is 351 g/mol. The summed E-state index contributed by atoms with van der Waals surface area (Å²) in [7, 11) is 0. The molecule has 0 aliphatic carbocycles. The highest BCUT2D eigenvalue weighted by atomic mass is 19.1. The first-order chi connectivity index (χ1) is 13.2. The number of nitrogens with one attached hydrogen (secondary N) is 1. The number of imidazole rings is 2. The van der Waals surface area contributed by atoms with Crippen molar-refractivity contribution in [2.24, 2.45) is 0 Å². The Balaban J connectivity index is 1.66. The predicted octanol–water partition coefficient (Wildman–Crippen LogP) is 1.44. The van der Waals surface area contributed by atoms with Crippen molar-refractivity contribution >= 4 is 22.2 Å². The molecule has 1 aromatic carbocycles. The lowest BCUT2D eigenvalue weighted by Crippen LogP contribution is -2.18. The van der Waals surface area contributed by atoms with Crippen LogP contribution in [0.5, 0.6) is 0 Å². The fourth-order valence-electron chi connectivity index (χ4n) is 2.92. The van der Waals surface area contributed by atoms with Crippen molar-refractivity contribution in [3.8, 4) is 5.95 Å². The van der Waals surface area contributed by atoms with Crippen LogP contribution in [0, 0.1) is 5.82 Å². The van der Waals surface area contributed by atoms with Gasteiger partial charge in [-0.1, -0.05) is 0 Å². The number of H-pyrrole nitrogens is 1. The third-order valence-corrected chi connectivity index (χ3v) is 4.16. The highest BCUT2D eigenvalue weighted by molar-refractivity contribution is 5.77. The van der Waals surface area contributed by atoms with Crippen LogP contribution in [-0.4, -0.2) is 39.0 Å². The van der Waals surface area contributed by atoms with Crippen molar-refractivity contribution in [2.45, 2.75) is 6.54 Å². The second kappa shape index (κ2) is 5.80. The second-order valence-electron chi connectivity index (χ2n) is 5.87. The summed E-state index contributed by atoms with van der Waals surface area (Å²) >= 11 is 0. The highest BCUT2D eigenvalue weighted by Crippen LogP contribution is 2.18. The van der Waals surface area contributed by atoms with Gasteiger partial charge in [-0.3, -0.25) is 19.1 Å². The van der Waals surface area contributed by atoms with E-state index in [1.165, 1.54) is 29.2 Å². The third-order valence-electron chi connectivity index (χ3n) is 4.16. The molecule has 0 spiro atoms. The van der Waals surface area contributed by atoms with E-state index in [2.05, 4.69) is 29.9 Å². The molecule has 0 fully saturated rings. The molecular formula is C17H11FN8O. The molecule has 0 radical (unpaired) electrons. The minimum Gasteiger partial charge on any atom is -0.303 e. The molecule has 1 N–H and O–H groups in total. The van der Waals surface area contributed by atoms with Gasteiger partial charge < -0.3 is 4.98 Å². The Labute approximate surface area is 150 Å². The topological polar surface area (TPSA) is 107 Å². The van der Waals surface area contributed by atoms with Gasteiger partial charge in [-0.2, -0.15) is 4.98 Å². The monoisotopic (exact) mass is 362 g/mol. The SMILES string of the molecule is O=c1[nH]c2cnc(-n3cnc4cc(F)ccc43)nc2n1Cc1cnccn1. The molecule has 4 heterocycles. The quantitative estimate of drug-likeness (QED) is 0.520. The van der Waals surface area contributed by atoms with Gasteiger partial charge in [-0.05, 0) is 12.1 Å². The molecule has 0 saturated carbocycles. The van der Waals surface area contributed by atoms with E-state index in [-0.39, 0.29) is 18.1 Å². The summed E-state index contributed by atoms with van der Waals surface area (Å²) in [4.78, 5) is 36.2. The zero-order valence-corrected chi connectivity index (χ0v) is 13.7. The summed E-state index contributed by atoms with van der Waals surface area (Å²) in [6.07, 6.45) is 7.76. The van der Waals surface area contributed by atoms with Crippen molar-refractivity contribution in [3.05, 3.63) is 71.3 Å². The van der Waals surface area contributed by atoms with E-state index in [0.29, 0.717) is 33.8 Å². The molecule has 0 atom stereocenters. The van der Waals surface area contributed by atoms with Crippen LogP contribution < -0.4 is 5.69 Å². The molecule has 0 amide bonds. The van der Waals surface area contributed by atoms with Crippen molar-refractivity contribution in [1.29, 1.82) is 0 Å². The minimum atomic E-state index is -0.368. The van der Waals surface area contributed by atoms with Gasteiger partial charge in [0.1, 0.15) is 17.7 Å². The fraction of sp³-hybridized carbons (Fsp3) is 0.0588. The van der Waals surface area contributed by atoms with E-state index in [1.54, 1.807) is 29.2 Å². The first kappa shape index (κ1) is 15.3. The van der Waals surface area contributed by atoms with Gasteiger partial charge in [0.15, 0.2) is 5.65 Å². The van der Waals surface area contributed by atoms with E-state index in [4.69, 9.17) is 0 Å². The first-order valence-electron chi connectivity index (χ1n) is 8.02. The van der Waals surface area contributed by atoms with E-state index in [1.807, 2.05) is 0 Å². The van der Waals surface area contributed by atoms with E-state index >= 15 is 0 Å². The Hall–Kier alpha value is -3.95. The Kier molecular flexibility index (Phi) is 3.29. The molecule has 27 heavy (non-hydrogen) atoms. The van der Waals surface area contributed by atoms with E-state index in [0.717, 1.165) is 0 Å². The largest absolute Gasteiger partial charge is 0.328 e. The molecule has 5 aromatic rings. The normalized spacial score (nSPS) is 11.4. The fourth-order valence-corrected chi connectivity index (χ4v) is 2.92. The molecule has 5 rings (SSSR count). The Morgan fingerprint density at radius 1 is 1.11 bits per heavy atom. The molecule has 0 saturated heterocycles. The number of halogens is 1. The van der Waals surface area contributed by atoms with Gasteiger partial charge in [0.25, 0.3) is 0 Å². The first-order valence-corrected chi connectivity index (χ1v) is 8.02. The number of fused-ring (bicyclic) bond motifs is 2. The summed E-state index contributed by atoms with van der Waals surface area (Å²) in [5, 5.41) is 0. The van der Waals surface area contributed by atoms with Gasteiger partial charge in [0, 0.05) is 18.5 Å². The lowest BCUT2D eigenvalue weighted by Gasteiger charge is -2.05. The maximum Gasteiger partial charge on any atom is 0.328 e. The van der Waals surface area contributed by atoms with Gasteiger partial charge in [0.2, 0.25) is 5.95 Å². The predicted molar refractivity (Wildman–Crippen MR) is 93.9 cm³/mol. The molecule has 0 aliphatic rings. The zero-order chi connectivity index (χ0) is 18.4. The van der Waals surface area contributed by atoms with Crippen molar-refractivity contribution < 1.29 is 4.39 Å². The summed E-state index contributed by atoms with van der Waals surface area (Å²) in [5.74, 6) is -0.0453. The molecule has 0 bridgehead atoms. The molecule has 10 heteroatoms. The average Bonchev–Trinajstić information content (AvgIpc) is 3.23. The van der Waals surface area contributed by atoms with Crippen LogP contribution in [0.3, 0.4) is 0 Å². The van der Waals surface area contributed by atoms with Crippen LogP contribution in [0.1, 0.15) is 5.69 Å². The van der Waals surface area contributed by atoms with Gasteiger partial charge in [-0.15, -0.1) is 0 Å². The highest BCUT2D eigenvalue weighted by Gasteiger charge is 2.14. The molecule has 0 aliphatic heterocycles. The molecule has 132 valence electrons. The number of benzene rings is 1. The summed E-state index contributed by atoms with van der Waals surface area (Å²) in [5.41, 5.74) is 2.39. The number of nitrogens with zero attached hydrogens (tertiary/aromatic N) is 7. The molecule has 4 aromatic heterocycles. The van der Waals surface area contributed by atoms with Gasteiger partial charge in [0.05, 0.1) is 35.7 Å². The van der Waals surface area contributed by atoms with Crippen molar-refractivity contribution in [1.82, 2.24) is 39.0 Å². The second-order valence-corrected chi connectivity index (χ2v) is 5.87. The third kappa shape index (κ3) is 2.54. The Morgan fingerprint density at radius 2 is 2.04 bits per heavy atom. The minimum absolute atomic E-state index is 0.221. The lowest BCUT2D eigenvalue weighted by molar-refractivity contribution is 0.629. The van der Waals surface area contributed by atoms with Crippen LogP contribution in [0.25, 0.3) is 28.1 Å². The van der Waals surface area contributed by atoms with Crippen LogP contribution in [0.4, 0.5) is 4.39 Å². The van der Waals surface area contributed by atoms with E-state index < -0.39 is 0 Å². The van der Waals surface area contributed by atoms with E-state index in [9.17, 15) is 9.18 Å². The summed E-state index contributed by atoms with van der Waals surface area (Å²) in [6, 6.07) is 4.29. The number of aromatic nitrogens is 8. The number of hydrogen-bond donors (Lipinski definition) is 1. The van der Waals surface area contributed by atoms with Gasteiger partial charge >= 0.3 is 5.69 Å². The summed E-state index contributed by atoms with van der Waals surface area (Å²) < 4.78 is 16.5. The Bertz CT molecular complexity index is 1340. The Morgan fingerprint density at radius 3 is 2.89 bits per heavy atom. The standard InChI is InChI=1S/C17H11FN8O/c18-10-1-2-14-12(5-10)22-9-26(14)16-21-7-13-15(24-16)25(17(27)23-13)8-11-6-19-3-4-20-11/h1-7,9H,8H2,(H,23,27). The molecule has 9 nitrogen and oxygen atoms in total. The van der Waals surface area contributed by atoms with Crippen LogP contribution in [0.15, 0.2) is 54.1 Å². The maximum absolute atomic E-state index is 13.4. The van der Waals surface area contributed by atoms with Crippen LogP contribution in [0.2, 0.25) is 0 Å². The lowest BCUT2D eigenvalue weighted by atomic mass is 10.3. The van der Waals surface area contributed by atoms with Crippen molar-refractivity contribution in [3.63, 3.8) is 0 Å². The number of aromatic amines is 1. The number of hydrogen-bond acceptors (Lipinski definition) is 6. The summed E-state index contributed by atoms with van der Waals surface area (Å²) in [6.45, 7) is 0.221. The van der Waals surface area contributed by atoms with Crippen LogP contribution >= 0.6 is 0 Å². The van der Waals surface area contributed by atoms with Crippen molar-refractivity contribution in [2.75, 3.05) is 0 Å². The average molecular weight is 362 g/mol. The zero-order valence-electron chi connectivity index (χ0n) is 13.7. The molecule has 0 unspecified atom stereocenters.